The Balaban J connectivity index is 0.00000256. The van der Waals surface area contributed by atoms with Crippen LogP contribution in [0, 0.1) is 0 Å². The third-order valence-corrected chi connectivity index (χ3v) is 5.65. The van der Waals surface area contributed by atoms with E-state index < -0.39 is 0 Å². The zero-order chi connectivity index (χ0) is 20.2. The Bertz CT molecular complexity index is 1140. The molecule has 0 saturated heterocycles. The Labute approximate surface area is 194 Å². The van der Waals surface area contributed by atoms with Gasteiger partial charge in [-0.05, 0) is 42.5 Å². The number of nitrogens with zero attached hydrogens (tertiary/aromatic N) is 2. The summed E-state index contributed by atoms with van der Waals surface area (Å²) in [6.07, 6.45) is 1.90. The first kappa shape index (κ1) is 22.2. The SMILES string of the molecule is Br.COc1ccc(C(=O)C[n+]2ccccc2-c2nc(-c3ccc(Cl)cc3)cs2)cc1. The topological polar surface area (TPSA) is 43.1 Å². The molecule has 0 spiro atoms. The number of ketones is 1. The van der Waals surface area contributed by atoms with E-state index in [0.717, 1.165) is 27.7 Å². The van der Waals surface area contributed by atoms with Crippen LogP contribution in [0.3, 0.4) is 0 Å². The van der Waals surface area contributed by atoms with E-state index in [1.807, 2.05) is 58.6 Å². The molecule has 0 aliphatic heterocycles. The van der Waals surface area contributed by atoms with Crippen LogP contribution in [0.4, 0.5) is 0 Å². The van der Waals surface area contributed by atoms with Gasteiger partial charge in [0.05, 0.1) is 12.8 Å². The van der Waals surface area contributed by atoms with Crippen LogP contribution in [-0.2, 0) is 6.54 Å². The normalized spacial score (nSPS) is 10.3. The van der Waals surface area contributed by atoms with Crippen molar-refractivity contribution < 1.29 is 14.1 Å². The Hall–Kier alpha value is -2.54. The number of benzene rings is 2. The van der Waals surface area contributed by atoms with E-state index in [1.165, 1.54) is 0 Å². The minimum absolute atomic E-state index is 0. The highest BCUT2D eigenvalue weighted by Gasteiger charge is 2.20. The molecule has 0 aliphatic rings. The van der Waals surface area contributed by atoms with E-state index in [2.05, 4.69) is 0 Å². The molecule has 0 saturated carbocycles. The molecule has 0 amide bonds. The zero-order valence-corrected chi connectivity index (χ0v) is 19.4. The number of ether oxygens (including phenoxy) is 1. The largest absolute Gasteiger partial charge is 0.497 e. The predicted molar refractivity (Wildman–Crippen MR) is 126 cm³/mol. The van der Waals surface area contributed by atoms with Crippen LogP contribution in [0.1, 0.15) is 10.4 Å². The number of Topliss-reactive ketones (excluding diaryl/α,β-unsaturated/α-hetero) is 1. The van der Waals surface area contributed by atoms with Gasteiger partial charge in [0.2, 0.25) is 18.0 Å². The Morgan fingerprint density at radius 2 is 1.80 bits per heavy atom. The summed E-state index contributed by atoms with van der Waals surface area (Å²) < 4.78 is 7.09. The molecule has 0 aliphatic carbocycles. The molecule has 7 heteroatoms. The van der Waals surface area contributed by atoms with Crippen molar-refractivity contribution in [1.29, 1.82) is 0 Å². The molecule has 0 N–H and O–H groups in total. The van der Waals surface area contributed by atoms with Gasteiger partial charge in [0.1, 0.15) is 5.75 Å². The molecule has 2 aromatic carbocycles. The van der Waals surface area contributed by atoms with E-state index in [4.69, 9.17) is 21.3 Å². The summed E-state index contributed by atoms with van der Waals surface area (Å²) in [7, 11) is 1.61. The van der Waals surface area contributed by atoms with Gasteiger partial charge in [-0.3, -0.25) is 4.79 Å². The fourth-order valence-electron chi connectivity index (χ4n) is 2.98. The number of aromatic nitrogens is 2. The van der Waals surface area contributed by atoms with E-state index in [9.17, 15) is 4.79 Å². The first-order valence-electron chi connectivity index (χ1n) is 9.01. The van der Waals surface area contributed by atoms with Crippen molar-refractivity contribution >= 4 is 45.7 Å². The summed E-state index contributed by atoms with van der Waals surface area (Å²) in [5, 5.41) is 3.57. The molecule has 4 aromatic rings. The van der Waals surface area contributed by atoms with Crippen molar-refractivity contribution in [1.82, 2.24) is 4.98 Å². The molecular weight excluding hydrogens is 484 g/mol. The number of halogens is 2. The van der Waals surface area contributed by atoms with Crippen molar-refractivity contribution in [3.05, 3.63) is 88.9 Å². The van der Waals surface area contributed by atoms with Gasteiger partial charge in [0.15, 0.2) is 11.2 Å². The summed E-state index contributed by atoms with van der Waals surface area (Å²) in [5.41, 5.74) is 3.45. The van der Waals surface area contributed by atoms with Crippen LogP contribution in [0.5, 0.6) is 5.75 Å². The standard InChI is InChI=1S/C23H18ClN2O2S.BrH/c1-28-19-11-7-17(8-12-19)22(27)14-26-13-3-2-4-21(26)23-25-20(15-29-23)16-5-9-18(24)10-6-16;/h2-13,15H,14H2,1H3;1H/q+1;. The van der Waals surface area contributed by atoms with E-state index in [1.54, 1.807) is 42.7 Å². The molecule has 0 atom stereocenters. The number of carbonyl (C=O) groups is 1. The van der Waals surface area contributed by atoms with Crippen molar-refractivity contribution in [3.63, 3.8) is 0 Å². The predicted octanol–water partition coefficient (Wildman–Crippen LogP) is 5.89. The number of hydrogen-bond acceptors (Lipinski definition) is 4. The lowest BCUT2D eigenvalue weighted by atomic mass is 10.1. The third-order valence-electron chi connectivity index (χ3n) is 4.53. The van der Waals surface area contributed by atoms with Crippen molar-refractivity contribution in [2.24, 2.45) is 0 Å². The van der Waals surface area contributed by atoms with Gasteiger partial charge in [-0.25, -0.2) is 4.98 Å². The van der Waals surface area contributed by atoms with Gasteiger partial charge in [-0.1, -0.05) is 23.7 Å². The maximum atomic E-state index is 12.8. The van der Waals surface area contributed by atoms with Gasteiger partial charge < -0.3 is 4.74 Å². The molecule has 0 fully saturated rings. The summed E-state index contributed by atoms with van der Waals surface area (Å²) in [5.74, 6) is 0.756. The van der Waals surface area contributed by atoms with E-state index in [0.29, 0.717) is 10.6 Å². The molecule has 152 valence electrons. The number of carbonyl (C=O) groups excluding carboxylic acids is 1. The molecule has 2 heterocycles. The van der Waals surface area contributed by atoms with Gasteiger partial charge in [0, 0.05) is 33.7 Å². The molecule has 0 unspecified atom stereocenters. The van der Waals surface area contributed by atoms with Crippen molar-refractivity contribution in [3.8, 4) is 27.7 Å². The maximum Gasteiger partial charge on any atom is 0.241 e. The molecule has 4 nitrogen and oxygen atoms in total. The summed E-state index contributed by atoms with van der Waals surface area (Å²) >= 11 is 7.53. The number of rotatable bonds is 6. The summed E-state index contributed by atoms with van der Waals surface area (Å²) in [4.78, 5) is 17.5. The molecule has 0 radical (unpaired) electrons. The first-order chi connectivity index (χ1) is 14.1. The summed E-state index contributed by atoms with van der Waals surface area (Å²) in [6, 6.07) is 20.6. The Morgan fingerprint density at radius 1 is 1.07 bits per heavy atom. The fraction of sp³-hybridized carbons (Fsp3) is 0.0870. The third kappa shape index (κ3) is 4.95. The second-order valence-electron chi connectivity index (χ2n) is 6.41. The van der Waals surface area contributed by atoms with Crippen molar-refractivity contribution in [2.45, 2.75) is 6.54 Å². The van der Waals surface area contributed by atoms with Crippen molar-refractivity contribution in [2.75, 3.05) is 7.11 Å². The zero-order valence-electron chi connectivity index (χ0n) is 16.1. The smallest absolute Gasteiger partial charge is 0.241 e. The van der Waals surface area contributed by atoms with Crippen LogP contribution >= 0.6 is 39.9 Å². The van der Waals surface area contributed by atoms with Gasteiger partial charge in [0.25, 0.3) is 0 Å². The van der Waals surface area contributed by atoms with Gasteiger partial charge >= 0.3 is 0 Å². The lowest BCUT2D eigenvalue weighted by Gasteiger charge is -2.03. The average Bonchev–Trinajstić information content (AvgIpc) is 3.25. The van der Waals surface area contributed by atoms with E-state index in [-0.39, 0.29) is 29.3 Å². The van der Waals surface area contributed by atoms with Crippen LogP contribution in [0.2, 0.25) is 5.02 Å². The van der Waals surface area contributed by atoms with Crippen LogP contribution in [-0.4, -0.2) is 17.9 Å². The second kappa shape index (κ2) is 9.98. The molecule has 0 bridgehead atoms. The van der Waals surface area contributed by atoms with Crippen LogP contribution in [0.15, 0.2) is 78.3 Å². The van der Waals surface area contributed by atoms with Gasteiger partial charge in [-0.15, -0.1) is 28.3 Å². The Morgan fingerprint density at radius 3 is 2.50 bits per heavy atom. The maximum absolute atomic E-state index is 12.8. The number of thiazole rings is 1. The number of hydrogen-bond donors (Lipinski definition) is 0. The lowest BCUT2D eigenvalue weighted by Crippen LogP contribution is -2.39. The summed E-state index contributed by atoms with van der Waals surface area (Å²) in [6.45, 7) is 0.234. The second-order valence-corrected chi connectivity index (χ2v) is 7.70. The van der Waals surface area contributed by atoms with Gasteiger partial charge in [-0.2, -0.15) is 4.57 Å². The van der Waals surface area contributed by atoms with Crippen LogP contribution in [0.25, 0.3) is 22.0 Å². The monoisotopic (exact) mass is 501 g/mol. The van der Waals surface area contributed by atoms with E-state index >= 15 is 0 Å². The highest BCUT2D eigenvalue weighted by molar-refractivity contribution is 8.93. The molecule has 2 aromatic heterocycles. The highest BCUT2D eigenvalue weighted by atomic mass is 79.9. The minimum atomic E-state index is 0. The van der Waals surface area contributed by atoms with Crippen LogP contribution < -0.4 is 9.30 Å². The lowest BCUT2D eigenvalue weighted by molar-refractivity contribution is -0.672. The average molecular weight is 503 g/mol. The molecular formula is C23H19BrClN2O2S+. The molecule has 4 rings (SSSR count). The highest BCUT2D eigenvalue weighted by Crippen LogP contribution is 2.28. The number of methoxy groups -OCH3 is 1. The molecule has 30 heavy (non-hydrogen) atoms. The minimum Gasteiger partial charge on any atom is -0.497 e. The Kier molecular flexibility index (Phi) is 7.37. The quantitative estimate of drug-likeness (QED) is 0.244. The fourth-order valence-corrected chi connectivity index (χ4v) is 3.97. The first-order valence-corrected chi connectivity index (χ1v) is 10.3. The number of pyridine rings is 1.